The summed E-state index contributed by atoms with van der Waals surface area (Å²) in [7, 11) is 0. The van der Waals surface area contributed by atoms with Gasteiger partial charge in [-0.1, -0.05) is 13.8 Å². The Bertz CT molecular complexity index is 677. The monoisotopic (exact) mass is 491 g/mol. The molecule has 0 fully saturated rings. The molecule has 9 N–H and O–H groups in total. The quantitative estimate of drug-likeness (QED) is 0.0906. The third-order valence-electron chi connectivity index (χ3n) is 4.72. The third-order valence-corrected chi connectivity index (χ3v) is 5.08. The highest BCUT2D eigenvalue weighted by Gasteiger charge is 2.30. The first-order valence-corrected chi connectivity index (χ1v) is 11.5. The number of unbranched alkanes of at least 4 members (excludes halogenated alkanes) is 1. The number of nitrogens with two attached hydrogens (primary N) is 2. The van der Waals surface area contributed by atoms with Gasteiger partial charge in [0, 0.05) is 12.2 Å². The van der Waals surface area contributed by atoms with Crippen molar-refractivity contribution < 1.29 is 34.2 Å². The van der Waals surface area contributed by atoms with Crippen molar-refractivity contribution in [1.82, 2.24) is 16.0 Å². The molecule has 0 bridgehead atoms. The molecule has 190 valence electrons. The summed E-state index contributed by atoms with van der Waals surface area (Å²) >= 11 is 4.06. The molecule has 0 saturated heterocycles. The zero-order valence-electron chi connectivity index (χ0n) is 19.1. The van der Waals surface area contributed by atoms with Gasteiger partial charge in [-0.2, -0.15) is 12.6 Å². The normalized spacial score (nSPS) is 14.6. The number of hydrogen-bond acceptors (Lipinski definition) is 8. The van der Waals surface area contributed by atoms with E-state index in [1.165, 1.54) is 0 Å². The van der Waals surface area contributed by atoms with Crippen molar-refractivity contribution >= 4 is 42.3 Å². The smallest absolute Gasteiger partial charge is 0.326 e. The van der Waals surface area contributed by atoms with Crippen LogP contribution in [-0.2, 0) is 24.0 Å². The lowest BCUT2D eigenvalue weighted by molar-refractivity contribution is -0.143. The van der Waals surface area contributed by atoms with E-state index in [2.05, 4.69) is 28.6 Å². The summed E-state index contributed by atoms with van der Waals surface area (Å²) in [4.78, 5) is 60.0. The molecule has 0 aliphatic heterocycles. The van der Waals surface area contributed by atoms with E-state index < -0.39 is 60.2 Å². The first-order chi connectivity index (χ1) is 15.4. The predicted octanol–water partition coefficient (Wildman–Crippen LogP) is -1.18. The average molecular weight is 492 g/mol. The van der Waals surface area contributed by atoms with Gasteiger partial charge >= 0.3 is 11.9 Å². The fourth-order valence-corrected chi connectivity index (χ4v) is 3.18. The standard InChI is InChI=1S/C20H37N5O7S/c1-11(2)9-12(22)17(28)25-15(10-33)19(30)23-13(6-7-16(26)27)18(29)24-14(20(31)32)5-3-4-8-21/h11-15,33H,3-10,21-22H2,1-2H3,(H,23,30)(H,24,29)(H,25,28)(H,26,27)(H,31,32). The van der Waals surface area contributed by atoms with Gasteiger partial charge in [0.25, 0.3) is 0 Å². The molecule has 33 heavy (non-hydrogen) atoms. The van der Waals surface area contributed by atoms with Crippen molar-refractivity contribution in [3.05, 3.63) is 0 Å². The maximum absolute atomic E-state index is 12.7. The number of rotatable bonds is 17. The highest BCUT2D eigenvalue weighted by molar-refractivity contribution is 7.80. The maximum Gasteiger partial charge on any atom is 0.326 e. The Hall–Kier alpha value is -2.38. The lowest BCUT2D eigenvalue weighted by Gasteiger charge is -2.24. The highest BCUT2D eigenvalue weighted by Crippen LogP contribution is 2.06. The van der Waals surface area contributed by atoms with E-state index in [1.807, 2.05) is 13.8 Å². The van der Waals surface area contributed by atoms with Crippen molar-refractivity contribution in [3.8, 4) is 0 Å². The molecule has 0 heterocycles. The van der Waals surface area contributed by atoms with Crippen LogP contribution >= 0.6 is 12.6 Å². The van der Waals surface area contributed by atoms with Gasteiger partial charge in [0.1, 0.15) is 18.1 Å². The SMILES string of the molecule is CC(C)CC(N)C(=O)NC(CS)C(=O)NC(CCC(=O)O)C(=O)NC(CCCCN)C(=O)O. The number of aliphatic carboxylic acids is 2. The Balaban J connectivity index is 5.29. The molecule has 0 aliphatic carbocycles. The Kier molecular flexibility index (Phi) is 15.1. The molecule has 4 unspecified atom stereocenters. The molecule has 0 aromatic rings. The van der Waals surface area contributed by atoms with Gasteiger partial charge in [0.05, 0.1) is 6.04 Å². The van der Waals surface area contributed by atoms with E-state index in [4.69, 9.17) is 16.6 Å². The van der Waals surface area contributed by atoms with Gasteiger partial charge in [-0.05, 0) is 44.6 Å². The van der Waals surface area contributed by atoms with E-state index in [9.17, 15) is 29.1 Å². The van der Waals surface area contributed by atoms with Crippen molar-refractivity contribution in [2.75, 3.05) is 12.3 Å². The molecule has 0 rings (SSSR count). The van der Waals surface area contributed by atoms with Crippen LogP contribution in [0.3, 0.4) is 0 Å². The molecule has 0 spiro atoms. The largest absolute Gasteiger partial charge is 0.481 e. The lowest BCUT2D eigenvalue weighted by atomic mass is 10.0. The van der Waals surface area contributed by atoms with Crippen molar-refractivity contribution in [2.24, 2.45) is 17.4 Å². The van der Waals surface area contributed by atoms with E-state index in [0.717, 1.165) is 0 Å². The number of thiol groups is 1. The molecule has 0 aliphatic rings. The number of carbonyl (C=O) groups is 5. The summed E-state index contributed by atoms with van der Waals surface area (Å²) in [5.41, 5.74) is 11.2. The molecule has 12 nitrogen and oxygen atoms in total. The minimum absolute atomic E-state index is 0.101. The van der Waals surface area contributed by atoms with Crippen molar-refractivity contribution in [3.63, 3.8) is 0 Å². The summed E-state index contributed by atoms with van der Waals surface area (Å²) in [5, 5.41) is 25.5. The molecule has 0 aromatic heterocycles. The summed E-state index contributed by atoms with van der Waals surface area (Å²) in [5.74, 6) is -4.57. The number of carboxylic acid groups (broad SMARTS) is 2. The number of carboxylic acids is 2. The number of carbonyl (C=O) groups excluding carboxylic acids is 3. The minimum atomic E-state index is -1.33. The molecule has 0 aromatic carbocycles. The fourth-order valence-electron chi connectivity index (χ4n) is 2.92. The van der Waals surface area contributed by atoms with Crippen molar-refractivity contribution in [2.45, 2.75) is 76.5 Å². The van der Waals surface area contributed by atoms with Gasteiger partial charge in [-0.15, -0.1) is 0 Å². The summed E-state index contributed by atoms with van der Waals surface area (Å²) in [6, 6.07) is -4.51. The van der Waals surface area contributed by atoms with Gasteiger partial charge in [0.2, 0.25) is 17.7 Å². The van der Waals surface area contributed by atoms with Crippen LogP contribution < -0.4 is 27.4 Å². The Morgan fingerprint density at radius 2 is 1.39 bits per heavy atom. The average Bonchev–Trinajstić information content (AvgIpc) is 2.72. The molecular formula is C20H37N5O7S. The summed E-state index contributed by atoms with van der Waals surface area (Å²) in [6.45, 7) is 4.15. The predicted molar refractivity (Wildman–Crippen MR) is 124 cm³/mol. The van der Waals surface area contributed by atoms with E-state index in [1.54, 1.807) is 0 Å². The fraction of sp³-hybridized carbons (Fsp3) is 0.750. The van der Waals surface area contributed by atoms with Gasteiger partial charge in [0.15, 0.2) is 0 Å². The van der Waals surface area contributed by atoms with Gasteiger partial charge in [-0.3, -0.25) is 19.2 Å². The van der Waals surface area contributed by atoms with Gasteiger partial charge < -0.3 is 37.6 Å². The van der Waals surface area contributed by atoms with Crippen LogP contribution in [0.15, 0.2) is 0 Å². The Morgan fingerprint density at radius 3 is 1.88 bits per heavy atom. The number of amides is 3. The number of hydrogen-bond donors (Lipinski definition) is 8. The topological polar surface area (TPSA) is 214 Å². The van der Waals surface area contributed by atoms with Crippen LogP contribution in [0.2, 0.25) is 0 Å². The van der Waals surface area contributed by atoms with E-state index in [0.29, 0.717) is 25.8 Å². The zero-order chi connectivity index (χ0) is 25.6. The Labute approximate surface area is 199 Å². The molecule has 0 saturated carbocycles. The second-order valence-electron chi connectivity index (χ2n) is 8.16. The van der Waals surface area contributed by atoms with Crippen LogP contribution in [-0.4, -0.2) is 76.3 Å². The molecule has 4 atom stereocenters. The molecule has 13 heteroatoms. The molecular weight excluding hydrogens is 454 g/mol. The Morgan fingerprint density at radius 1 is 0.848 bits per heavy atom. The first-order valence-electron chi connectivity index (χ1n) is 10.8. The first kappa shape index (κ1) is 30.6. The van der Waals surface area contributed by atoms with E-state index >= 15 is 0 Å². The second-order valence-corrected chi connectivity index (χ2v) is 8.52. The minimum Gasteiger partial charge on any atom is -0.481 e. The molecule has 3 amide bonds. The zero-order valence-corrected chi connectivity index (χ0v) is 20.0. The van der Waals surface area contributed by atoms with Crippen LogP contribution in [0.1, 0.15) is 52.4 Å². The maximum atomic E-state index is 12.7. The second kappa shape index (κ2) is 16.3. The lowest BCUT2D eigenvalue weighted by Crippen LogP contribution is -2.57. The third kappa shape index (κ3) is 13.0. The highest BCUT2D eigenvalue weighted by atomic mass is 32.1. The van der Waals surface area contributed by atoms with Crippen LogP contribution in [0.4, 0.5) is 0 Å². The van der Waals surface area contributed by atoms with Crippen LogP contribution in [0, 0.1) is 5.92 Å². The van der Waals surface area contributed by atoms with Crippen LogP contribution in [0.25, 0.3) is 0 Å². The van der Waals surface area contributed by atoms with Crippen LogP contribution in [0.5, 0.6) is 0 Å². The summed E-state index contributed by atoms with van der Waals surface area (Å²) in [6.07, 6.45) is 0.839. The van der Waals surface area contributed by atoms with Crippen molar-refractivity contribution in [1.29, 1.82) is 0 Å². The van der Waals surface area contributed by atoms with Gasteiger partial charge in [-0.25, -0.2) is 4.79 Å². The van der Waals surface area contributed by atoms with E-state index in [-0.39, 0.29) is 24.5 Å². The number of nitrogens with one attached hydrogen (secondary N) is 3. The molecule has 0 radical (unpaired) electrons. The summed E-state index contributed by atoms with van der Waals surface area (Å²) < 4.78 is 0.